The Labute approximate surface area is 129 Å². The third kappa shape index (κ3) is 6.42. The first-order valence-corrected chi connectivity index (χ1v) is 7.28. The molecule has 0 radical (unpaired) electrons. The maximum absolute atomic E-state index is 11.6. The van der Waals surface area contributed by atoms with Crippen molar-refractivity contribution in [2.75, 3.05) is 13.2 Å². The van der Waals surface area contributed by atoms with Crippen molar-refractivity contribution in [1.82, 2.24) is 5.32 Å². The minimum absolute atomic E-state index is 0.161. The minimum Gasteiger partial charge on any atom is -0.379 e. The molecule has 0 heterocycles. The van der Waals surface area contributed by atoms with Crippen LogP contribution in [0.5, 0.6) is 0 Å². The summed E-state index contributed by atoms with van der Waals surface area (Å²) in [5.41, 5.74) is 0.720. The molecule has 0 aromatic heterocycles. The topological polar surface area (TPSA) is 38.3 Å². The number of rotatable bonds is 7. The van der Waals surface area contributed by atoms with Gasteiger partial charge in [0, 0.05) is 19.2 Å². The minimum atomic E-state index is -0.161. The zero-order chi connectivity index (χ0) is 15.0. The molecule has 0 bridgehead atoms. The van der Waals surface area contributed by atoms with Crippen LogP contribution in [0, 0.1) is 0 Å². The quantitative estimate of drug-likeness (QED) is 0.611. The summed E-state index contributed by atoms with van der Waals surface area (Å²) >= 11 is 11.9. The molecule has 1 aromatic carbocycles. The molecule has 0 spiro atoms. The van der Waals surface area contributed by atoms with Crippen molar-refractivity contribution in [3.63, 3.8) is 0 Å². The van der Waals surface area contributed by atoms with Crippen molar-refractivity contribution in [2.24, 2.45) is 0 Å². The van der Waals surface area contributed by atoms with E-state index in [2.05, 4.69) is 5.32 Å². The van der Waals surface area contributed by atoms with Crippen LogP contribution in [-0.2, 0) is 9.53 Å². The third-order valence-corrected chi connectivity index (χ3v) is 3.30. The number of carbonyl (C=O) groups is 1. The van der Waals surface area contributed by atoms with Gasteiger partial charge in [-0.05, 0) is 38.0 Å². The van der Waals surface area contributed by atoms with Gasteiger partial charge in [0.15, 0.2) is 0 Å². The lowest BCUT2D eigenvalue weighted by Crippen LogP contribution is -2.23. The van der Waals surface area contributed by atoms with Crippen molar-refractivity contribution in [2.45, 2.75) is 26.4 Å². The summed E-state index contributed by atoms with van der Waals surface area (Å²) in [5, 5.41) is 3.70. The Morgan fingerprint density at radius 3 is 2.85 bits per heavy atom. The van der Waals surface area contributed by atoms with Gasteiger partial charge in [0.05, 0.1) is 16.1 Å². The second-order valence-corrected chi connectivity index (χ2v) is 5.33. The summed E-state index contributed by atoms with van der Waals surface area (Å²) in [6.07, 6.45) is 4.10. The van der Waals surface area contributed by atoms with Gasteiger partial charge in [0.2, 0.25) is 5.91 Å². The van der Waals surface area contributed by atoms with Crippen molar-refractivity contribution >= 4 is 35.2 Å². The highest BCUT2D eigenvalue weighted by Crippen LogP contribution is 2.26. The molecule has 0 saturated carbocycles. The van der Waals surface area contributed by atoms with Gasteiger partial charge in [-0.3, -0.25) is 4.79 Å². The third-order valence-electron chi connectivity index (χ3n) is 2.47. The van der Waals surface area contributed by atoms with Gasteiger partial charge in [-0.15, -0.1) is 0 Å². The van der Waals surface area contributed by atoms with Crippen LogP contribution in [0.15, 0.2) is 24.3 Å². The molecule has 110 valence electrons. The smallest absolute Gasteiger partial charge is 0.244 e. The lowest BCUT2D eigenvalue weighted by molar-refractivity contribution is -0.116. The van der Waals surface area contributed by atoms with E-state index >= 15 is 0 Å². The number of amides is 1. The molecule has 3 nitrogen and oxygen atoms in total. The van der Waals surface area contributed by atoms with Crippen LogP contribution in [-0.4, -0.2) is 25.2 Å². The molecule has 5 heteroatoms. The summed E-state index contributed by atoms with van der Waals surface area (Å²) in [6, 6.07) is 5.29. The molecule has 0 aliphatic rings. The zero-order valence-corrected chi connectivity index (χ0v) is 13.2. The number of hydrogen-bond acceptors (Lipinski definition) is 2. The molecule has 0 fully saturated rings. The lowest BCUT2D eigenvalue weighted by Gasteiger charge is -2.07. The highest BCUT2D eigenvalue weighted by molar-refractivity contribution is 6.42. The Kier molecular flexibility index (Phi) is 7.67. The Hall–Kier alpha value is -1.03. The number of benzene rings is 1. The van der Waals surface area contributed by atoms with Gasteiger partial charge in [0.25, 0.3) is 0 Å². The molecule has 0 unspecified atom stereocenters. The zero-order valence-electron chi connectivity index (χ0n) is 11.7. The largest absolute Gasteiger partial charge is 0.379 e. The predicted octanol–water partition coefficient (Wildman–Crippen LogP) is 3.94. The normalized spacial score (nSPS) is 11.2. The monoisotopic (exact) mass is 315 g/mol. The van der Waals surface area contributed by atoms with Gasteiger partial charge in [-0.2, -0.15) is 0 Å². The Bertz CT molecular complexity index is 473. The van der Waals surface area contributed by atoms with Crippen LogP contribution in [0.25, 0.3) is 6.08 Å². The van der Waals surface area contributed by atoms with E-state index in [0.717, 1.165) is 12.0 Å². The van der Waals surface area contributed by atoms with Gasteiger partial charge in [0.1, 0.15) is 0 Å². The number of nitrogens with one attached hydrogen (secondary N) is 1. The first-order valence-electron chi connectivity index (χ1n) is 6.52. The molecule has 0 aliphatic carbocycles. The maximum atomic E-state index is 11.6. The summed E-state index contributed by atoms with van der Waals surface area (Å²) in [7, 11) is 0. The summed E-state index contributed by atoms with van der Waals surface area (Å²) < 4.78 is 5.38. The number of halogens is 2. The van der Waals surface area contributed by atoms with Crippen molar-refractivity contribution in [1.29, 1.82) is 0 Å². The molecule has 0 atom stereocenters. The van der Waals surface area contributed by atoms with Crippen LogP contribution >= 0.6 is 23.2 Å². The molecule has 1 rings (SSSR count). The van der Waals surface area contributed by atoms with E-state index in [1.54, 1.807) is 24.3 Å². The standard InChI is InChI=1S/C15H19Cl2NO2/c1-11(2)20-10-4-9-18-14(19)8-7-12-5-3-6-13(16)15(12)17/h3,5-8,11H,4,9-10H2,1-2H3,(H,18,19)/b8-7+. The van der Waals surface area contributed by atoms with Crippen LogP contribution in [0.4, 0.5) is 0 Å². The first kappa shape index (κ1) is 17.0. The second kappa shape index (κ2) is 9.01. The SMILES string of the molecule is CC(C)OCCCNC(=O)/C=C/c1cccc(Cl)c1Cl. The first-order chi connectivity index (χ1) is 9.50. The molecule has 1 aromatic rings. The summed E-state index contributed by atoms with van der Waals surface area (Å²) in [5.74, 6) is -0.161. The average Bonchev–Trinajstić information content (AvgIpc) is 2.39. The van der Waals surface area contributed by atoms with E-state index in [4.69, 9.17) is 27.9 Å². The Balaban J connectivity index is 2.35. The van der Waals surface area contributed by atoms with Gasteiger partial charge < -0.3 is 10.1 Å². The van der Waals surface area contributed by atoms with Crippen molar-refractivity contribution < 1.29 is 9.53 Å². The average molecular weight is 316 g/mol. The maximum Gasteiger partial charge on any atom is 0.244 e. The molecular formula is C15H19Cl2NO2. The fourth-order valence-corrected chi connectivity index (χ4v) is 1.85. The molecule has 1 N–H and O–H groups in total. The number of hydrogen-bond donors (Lipinski definition) is 1. The highest BCUT2D eigenvalue weighted by atomic mass is 35.5. The van der Waals surface area contributed by atoms with Crippen molar-refractivity contribution in [3.05, 3.63) is 39.9 Å². The Morgan fingerprint density at radius 2 is 2.15 bits per heavy atom. The van der Waals surface area contributed by atoms with E-state index < -0.39 is 0 Å². The van der Waals surface area contributed by atoms with Crippen molar-refractivity contribution in [3.8, 4) is 0 Å². The van der Waals surface area contributed by atoms with Gasteiger partial charge in [-0.1, -0.05) is 35.3 Å². The van der Waals surface area contributed by atoms with Crippen LogP contribution < -0.4 is 5.32 Å². The summed E-state index contributed by atoms with van der Waals surface area (Å²) in [4.78, 5) is 11.6. The predicted molar refractivity (Wildman–Crippen MR) is 84.2 cm³/mol. The molecular weight excluding hydrogens is 297 g/mol. The van der Waals surface area contributed by atoms with Crippen LogP contribution in [0.2, 0.25) is 10.0 Å². The lowest BCUT2D eigenvalue weighted by atomic mass is 10.2. The van der Waals surface area contributed by atoms with Gasteiger partial charge >= 0.3 is 0 Å². The second-order valence-electron chi connectivity index (χ2n) is 4.54. The van der Waals surface area contributed by atoms with E-state index in [-0.39, 0.29) is 12.0 Å². The van der Waals surface area contributed by atoms with E-state index in [0.29, 0.717) is 23.2 Å². The van der Waals surface area contributed by atoms with Crippen LogP contribution in [0.1, 0.15) is 25.8 Å². The van der Waals surface area contributed by atoms with Gasteiger partial charge in [-0.25, -0.2) is 0 Å². The fourth-order valence-electron chi connectivity index (χ4n) is 1.48. The number of ether oxygens (including phenoxy) is 1. The molecule has 20 heavy (non-hydrogen) atoms. The number of carbonyl (C=O) groups excluding carboxylic acids is 1. The Morgan fingerprint density at radius 1 is 1.40 bits per heavy atom. The summed E-state index contributed by atoms with van der Waals surface area (Å²) in [6.45, 7) is 5.19. The van der Waals surface area contributed by atoms with E-state index in [1.165, 1.54) is 6.08 Å². The molecule has 1 amide bonds. The highest BCUT2D eigenvalue weighted by Gasteiger charge is 2.02. The molecule has 0 saturated heterocycles. The van der Waals surface area contributed by atoms with Crippen LogP contribution in [0.3, 0.4) is 0 Å². The van der Waals surface area contributed by atoms with E-state index in [1.807, 2.05) is 13.8 Å². The fraction of sp³-hybridized carbons (Fsp3) is 0.400. The van der Waals surface area contributed by atoms with E-state index in [9.17, 15) is 4.79 Å². The molecule has 0 aliphatic heterocycles.